The van der Waals surface area contributed by atoms with E-state index in [1.165, 1.54) is 0 Å². The van der Waals surface area contributed by atoms with Gasteiger partial charge in [0.05, 0.1) is 21.1 Å². The van der Waals surface area contributed by atoms with Gasteiger partial charge in [-0.3, -0.25) is 0 Å². The number of ether oxygens (including phenoxy) is 1. The predicted molar refractivity (Wildman–Crippen MR) is 86.3 cm³/mol. The van der Waals surface area contributed by atoms with Gasteiger partial charge in [-0.15, -0.1) is 0 Å². The van der Waals surface area contributed by atoms with Crippen molar-refractivity contribution in [3.8, 4) is 5.75 Å². The second-order valence-electron chi connectivity index (χ2n) is 4.93. The summed E-state index contributed by atoms with van der Waals surface area (Å²) in [5.41, 5.74) is 2.71. The molecule has 3 aromatic rings. The van der Waals surface area contributed by atoms with Crippen LogP contribution in [0.3, 0.4) is 0 Å². The Bertz CT molecular complexity index is 759. The van der Waals surface area contributed by atoms with Gasteiger partial charge in [-0.1, -0.05) is 41.4 Å². The number of imidazole rings is 1. The van der Waals surface area contributed by atoms with E-state index < -0.39 is 0 Å². The van der Waals surface area contributed by atoms with Gasteiger partial charge in [0.1, 0.15) is 11.6 Å². The number of hydrogen-bond acceptors (Lipinski definition) is 2. The van der Waals surface area contributed by atoms with Gasteiger partial charge in [-0.05, 0) is 37.6 Å². The fourth-order valence-corrected chi connectivity index (χ4v) is 2.47. The molecular formula is C16H14Cl2N2O. The zero-order valence-electron chi connectivity index (χ0n) is 11.7. The summed E-state index contributed by atoms with van der Waals surface area (Å²) in [6.45, 7) is 3.97. The highest BCUT2D eigenvalue weighted by Crippen LogP contribution is 2.29. The lowest BCUT2D eigenvalue weighted by molar-refractivity contribution is 0.216. The largest absolute Gasteiger partial charge is 0.483 e. The van der Waals surface area contributed by atoms with Crippen molar-refractivity contribution in [2.75, 3.05) is 0 Å². The van der Waals surface area contributed by atoms with Crippen LogP contribution in [0, 0.1) is 6.92 Å². The average Bonchev–Trinajstić information content (AvgIpc) is 2.85. The van der Waals surface area contributed by atoms with Gasteiger partial charge in [-0.2, -0.15) is 0 Å². The number of para-hydroxylation sites is 1. The molecule has 1 N–H and O–H groups in total. The monoisotopic (exact) mass is 320 g/mol. The molecule has 3 rings (SSSR count). The van der Waals surface area contributed by atoms with E-state index in [0.29, 0.717) is 10.0 Å². The summed E-state index contributed by atoms with van der Waals surface area (Å²) in [6, 6.07) is 11.4. The molecule has 2 aromatic carbocycles. The summed E-state index contributed by atoms with van der Waals surface area (Å²) < 4.78 is 5.96. The smallest absolute Gasteiger partial charge is 0.153 e. The van der Waals surface area contributed by atoms with Crippen LogP contribution in [0.2, 0.25) is 10.0 Å². The minimum Gasteiger partial charge on any atom is -0.483 e. The summed E-state index contributed by atoms with van der Waals surface area (Å²) in [4.78, 5) is 7.74. The maximum atomic E-state index is 6.02. The van der Waals surface area contributed by atoms with Crippen LogP contribution in [0.25, 0.3) is 11.0 Å². The van der Waals surface area contributed by atoms with Gasteiger partial charge in [0, 0.05) is 0 Å². The van der Waals surface area contributed by atoms with Crippen molar-refractivity contribution in [2.45, 2.75) is 20.0 Å². The lowest BCUT2D eigenvalue weighted by Gasteiger charge is -2.14. The molecule has 0 fully saturated rings. The fraction of sp³-hybridized carbons (Fsp3) is 0.188. The molecule has 0 saturated heterocycles. The van der Waals surface area contributed by atoms with E-state index >= 15 is 0 Å². The minimum atomic E-state index is -0.198. The van der Waals surface area contributed by atoms with Crippen molar-refractivity contribution in [2.24, 2.45) is 0 Å². The highest BCUT2D eigenvalue weighted by molar-refractivity contribution is 6.42. The van der Waals surface area contributed by atoms with E-state index in [1.54, 1.807) is 12.1 Å². The van der Waals surface area contributed by atoms with Crippen LogP contribution < -0.4 is 4.74 Å². The number of fused-ring (bicyclic) bond motifs is 1. The van der Waals surface area contributed by atoms with Gasteiger partial charge in [0.15, 0.2) is 6.10 Å². The Morgan fingerprint density at radius 1 is 1.14 bits per heavy atom. The normalized spacial score (nSPS) is 12.6. The number of halogens is 2. The predicted octanol–water partition coefficient (Wildman–Crippen LogP) is 5.32. The molecule has 1 heterocycles. The highest BCUT2D eigenvalue weighted by atomic mass is 35.5. The fourth-order valence-electron chi connectivity index (χ4n) is 2.15. The van der Waals surface area contributed by atoms with Crippen molar-refractivity contribution in [1.82, 2.24) is 9.97 Å². The number of nitrogens with one attached hydrogen (secondary N) is 1. The second-order valence-corrected chi connectivity index (χ2v) is 5.75. The molecule has 5 heteroatoms. The molecule has 0 unspecified atom stereocenters. The molecule has 21 heavy (non-hydrogen) atoms. The van der Waals surface area contributed by atoms with Crippen LogP contribution in [-0.2, 0) is 0 Å². The second kappa shape index (κ2) is 5.58. The third kappa shape index (κ3) is 2.85. The van der Waals surface area contributed by atoms with Crippen LogP contribution in [0.5, 0.6) is 5.75 Å². The zero-order chi connectivity index (χ0) is 15.0. The van der Waals surface area contributed by atoms with Gasteiger partial charge >= 0.3 is 0 Å². The molecule has 0 aliphatic heterocycles. The highest BCUT2D eigenvalue weighted by Gasteiger charge is 2.14. The minimum absolute atomic E-state index is 0.198. The van der Waals surface area contributed by atoms with Gasteiger partial charge in [0.2, 0.25) is 0 Å². The maximum Gasteiger partial charge on any atom is 0.153 e. The van der Waals surface area contributed by atoms with Crippen molar-refractivity contribution in [1.29, 1.82) is 0 Å². The third-order valence-electron chi connectivity index (χ3n) is 3.32. The molecular weight excluding hydrogens is 307 g/mol. The lowest BCUT2D eigenvalue weighted by atomic mass is 10.2. The Morgan fingerprint density at radius 2 is 1.86 bits per heavy atom. The quantitative estimate of drug-likeness (QED) is 0.709. The summed E-state index contributed by atoms with van der Waals surface area (Å²) >= 11 is 12.0. The summed E-state index contributed by atoms with van der Waals surface area (Å²) in [5, 5.41) is 1.00. The molecule has 0 aliphatic rings. The topological polar surface area (TPSA) is 37.9 Å². The number of aromatic nitrogens is 2. The number of H-pyrrole nitrogens is 1. The van der Waals surface area contributed by atoms with Crippen LogP contribution in [0.4, 0.5) is 0 Å². The maximum absolute atomic E-state index is 6.02. The standard InChI is InChI=1S/C16H14Cl2N2O/c1-9-5-3-4-6-15(9)21-10(2)16-19-13-7-11(17)12(18)8-14(13)20-16/h3-8,10H,1-2H3,(H,19,20)/t10-/m0/s1. The lowest BCUT2D eigenvalue weighted by Crippen LogP contribution is -2.05. The summed E-state index contributed by atoms with van der Waals surface area (Å²) in [7, 11) is 0. The molecule has 0 bridgehead atoms. The molecule has 0 aliphatic carbocycles. The number of nitrogens with zero attached hydrogens (tertiary/aromatic N) is 1. The van der Waals surface area contributed by atoms with E-state index in [4.69, 9.17) is 27.9 Å². The van der Waals surface area contributed by atoms with Crippen molar-refractivity contribution < 1.29 is 4.74 Å². The van der Waals surface area contributed by atoms with Crippen LogP contribution >= 0.6 is 23.2 Å². The number of hydrogen-bond donors (Lipinski definition) is 1. The van der Waals surface area contributed by atoms with Gasteiger partial charge in [-0.25, -0.2) is 4.98 Å². The first kappa shape index (κ1) is 14.2. The van der Waals surface area contributed by atoms with Crippen molar-refractivity contribution >= 4 is 34.2 Å². The molecule has 0 radical (unpaired) electrons. The van der Waals surface area contributed by atoms with Crippen molar-refractivity contribution in [3.05, 3.63) is 57.8 Å². The van der Waals surface area contributed by atoms with Crippen LogP contribution in [0.1, 0.15) is 24.4 Å². The SMILES string of the molecule is Cc1ccccc1O[C@@H](C)c1nc2cc(Cl)c(Cl)cc2[nH]1. The van der Waals surface area contributed by atoms with E-state index in [0.717, 1.165) is 28.2 Å². The number of rotatable bonds is 3. The molecule has 1 aromatic heterocycles. The van der Waals surface area contributed by atoms with Crippen LogP contribution in [0.15, 0.2) is 36.4 Å². The van der Waals surface area contributed by atoms with Gasteiger partial charge < -0.3 is 9.72 Å². The number of aromatic amines is 1. The van der Waals surface area contributed by atoms with E-state index in [9.17, 15) is 0 Å². The average molecular weight is 321 g/mol. The Labute approximate surface area is 132 Å². The number of benzene rings is 2. The molecule has 3 nitrogen and oxygen atoms in total. The van der Waals surface area contributed by atoms with E-state index in [1.807, 2.05) is 38.1 Å². The van der Waals surface area contributed by atoms with Crippen molar-refractivity contribution in [3.63, 3.8) is 0 Å². The Morgan fingerprint density at radius 3 is 2.62 bits per heavy atom. The molecule has 1 atom stereocenters. The first-order valence-electron chi connectivity index (χ1n) is 6.61. The van der Waals surface area contributed by atoms with E-state index in [-0.39, 0.29) is 6.10 Å². The summed E-state index contributed by atoms with van der Waals surface area (Å²) in [6.07, 6.45) is -0.198. The molecule has 0 saturated carbocycles. The van der Waals surface area contributed by atoms with E-state index in [2.05, 4.69) is 9.97 Å². The third-order valence-corrected chi connectivity index (χ3v) is 4.05. The van der Waals surface area contributed by atoms with Gasteiger partial charge in [0.25, 0.3) is 0 Å². The molecule has 0 spiro atoms. The Kier molecular flexibility index (Phi) is 3.79. The van der Waals surface area contributed by atoms with Crippen LogP contribution in [-0.4, -0.2) is 9.97 Å². The molecule has 108 valence electrons. The summed E-state index contributed by atoms with van der Waals surface area (Å²) in [5.74, 6) is 1.59. The molecule has 0 amide bonds. The first-order chi connectivity index (χ1) is 10.0. The Balaban J connectivity index is 1.91. The first-order valence-corrected chi connectivity index (χ1v) is 7.37. The Hall–Kier alpha value is -1.71. The zero-order valence-corrected chi connectivity index (χ0v) is 13.2. The number of aryl methyl sites for hydroxylation is 1.